The molecule has 8 nitrogen and oxygen atoms in total. The second-order valence-electron chi connectivity index (χ2n) is 4.19. The molecule has 0 saturated carbocycles. The molecule has 0 saturated heterocycles. The third-order valence-corrected chi connectivity index (χ3v) is 2.85. The lowest BCUT2D eigenvalue weighted by atomic mass is 10.2. The van der Waals surface area contributed by atoms with E-state index in [4.69, 9.17) is 4.74 Å². The molecule has 2 rings (SSSR count). The van der Waals surface area contributed by atoms with E-state index in [1.165, 1.54) is 25.5 Å². The van der Waals surface area contributed by atoms with Crippen LogP contribution in [0.2, 0.25) is 0 Å². The average molecular weight is 301 g/mol. The van der Waals surface area contributed by atoms with Gasteiger partial charge in [-0.3, -0.25) is 20.2 Å². The summed E-state index contributed by atoms with van der Waals surface area (Å²) in [4.78, 5) is 24.3. The number of para-hydroxylation sites is 1. The maximum absolute atomic E-state index is 11.0. The lowest BCUT2D eigenvalue weighted by molar-refractivity contribution is -0.393. The van der Waals surface area contributed by atoms with Crippen molar-refractivity contribution in [1.29, 1.82) is 0 Å². The van der Waals surface area contributed by atoms with Crippen LogP contribution in [0.25, 0.3) is 0 Å². The predicted octanol–water partition coefficient (Wildman–Crippen LogP) is 3.26. The Bertz CT molecular complexity index is 758. The summed E-state index contributed by atoms with van der Waals surface area (Å²) in [6.07, 6.45) is 1.41. The second kappa shape index (κ2) is 6.44. The number of ether oxygens (including phenoxy) is 1. The smallest absolute Gasteiger partial charge is 0.301 e. The number of hydrogen-bond donors (Lipinski definition) is 0. The molecule has 0 atom stereocenters. The van der Waals surface area contributed by atoms with Crippen LogP contribution in [0.4, 0.5) is 17.1 Å². The van der Waals surface area contributed by atoms with Gasteiger partial charge in [-0.15, -0.1) is 0 Å². The fourth-order valence-electron chi connectivity index (χ4n) is 1.79. The van der Waals surface area contributed by atoms with Crippen molar-refractivity contribution in [3.63, 3.8) is 0 Å². The van der Waals surface area contributed by atoms with Gasteiger partial charge in [-0.1, -0.05) is 12.1 Å². The molecule has 0 heterocycles. The van der Waals surface area contributed by atoms with E-state index < -0.39 is 15.5 Å². The Morgan fingerprint density at radius 3 is 2.45 bits per heavy atom. The third kappa shape index (κ3) is 3.23. The molecule has 0 aliphatic carbocycles. The molecule has 0 aromatic heterocycles. The van der Waals surface area contributed by atoms with Crippen molar-refractivity contribution in [2.45, 2.75) is 0 Å². The van der Waals surface area contributed by atoms with Gasteiger partial charge in [0, 0.05) is 17.8 Å². The predicted molar refractivity (Wildman–Crippen MR) is 80.0 cm³/mol. The first-order chi connectivity index (χ1) is 10.5. The Hall–Kier alpha value is -3.29. The van der Waals surface area contributed by atoms with E-state index in [1.54, 1.807) is 24.3 Å². The van der Waals surface area contributed by atoms with E-state index in [0.29, 0.717) is 11.3 Å². The molecular formula is C14H11N3O5. The van der Waals surface area contributed by atoms with Crippen LogP contribution in [0.3, 0.4) is 0 Å². The van der Waals surface area contributed by atoms with Crippen LogP contribution in [0, 0.1) is 20.2 Å². The molecule has 0 fully saturated rings. The van der Waals surface area contributed by atoms with Crippen LogP contribution in [-0.2, 0) is 0 Å². The highest BCUT2D eigenvalue weighted by atomic mass is 16.6. The number of nitro benzene ring substituents is 2. The van der Waals surface area contributed by atoms with Gasteiger partial charge < -0.3 is 4.74 Å². The van der Waals surface area contributed by atoms with Crippen LogP contribution in [0.5, 0.6) is 5.75 Å². The Morgan fingerprint density at radius 2 is 1.82 bits per heavy atom. The SMILES string of the molecule is COc1ccccc1C=Nc1ccc([N+](=O)[O-])cc1[N+](=O)[O-]. The first-order valence-corrected chi connectivity index (χ1v) is 6.13. The van der Waals surface area contributed by atoms with Crippen molar-refractivity contribution in [3.05, 3.63) is 68.3 Å². The second-order valence-corrected chi connectivity index (χ2v) is 4.19. The van der Waals surface area contributed by atoms with Gasteiger partial charge in [-0.2, -0.15) is 0 Å². The summed E-state index contributed by atoms with van der Waals surface area (Å²) < 4.78 is 5.15. The van der Waals surface area contributed by atoms with Crippen molar-refractivity contribution in [2.75, 3.05) is 7.11 Å². The van der Waals surface area contributed by atoms with Crippen LogP contribution in [0.1, 0.15) is 5.56 Å². The normalized spacial score (nSPS) is 10.6. The number of nitro groups is 2. The van der Waals surface area contributed by atoms with E-state index >= 15 is 0 Å². The van der Waals surface area contributed by atoms with Gasteiger partial charge in [0.1, 0.15) is 11.4 Å². The monoisotopic (exact) mass is 301 g/mol. The first-order valence-electron chi connectivity index (χ1n) is 6.13. The van der Waals surface area contributed by atoms with Crippen molar-refractivity contribution in [3.8, 4) is 5.75 Å². The van der Waals surface area contributed by atoms with Gasteiger partial charge in [0.25, 0.3) is 5.69 Å². The summed E-state index contributed by atoms with van der Waals surface area (Å²) in [5.74, 6) is 0.566. The summed E-state index contributed by atoms with van der Waals surface area (Å²) in [6, 6.07) is 10.3. The van der Waals surface area contributed by atoms with Crippen molar-refractivity contribution in [1.82, 2.24) is 0 Å². The highest BCUT2D eigenvalue weighted by Gasteiger charge is 2.18. The highest BCUT2D eigenvalue weighted by molar-refractivity contribution is 5.86. The van der Waals surface area contributed by atoms with Gasteiger partial charge >= 0.3 is 5.69 Å². The Labute approximate surface area is 125 Å². The minimum absolute atomic E-state index is 0.0292. The molecular weight excluding hydrogens is 290 g/mol. The number of rotatable bonds is 5. The molecule has 22 heavy (non-hydrogen) atoms. The van der Waals surface area contributed by atoms with Crippen LogP contribution < -0.4 is 4.74 Å². The summed E-state index contributed by atoms with van der Waals surface area (Å²) in [5.41, 5.74) is -0.123. The molecule has 0 radical (unpaired) electrons. The summed E-state index contributed by atoms with van der Waals surface area (Å²) >= 11 is 0. The van der Waals surface area contributed by atoms with E-state index in [0.717, 1.165) is 6.07 Å². The molecule has 0 aliphatic rings. The van der Waals surface area contributed by atoms with Crippen LogP contribution in [-0.4, -0.2) is 23.2 Å². The zero-order valence-corrected chi connectivity index (χ0v) is 11.5. The quantitative estimate of drug-likeness (QED) is 0.478. The number of aliphatic imine (C=N–C) groups is 1. The molecule has 0 bridgehead atoms. The number of hydrogen-bond acceptors (Lipinski definition) is 6. The molecule has 0 aliphatic heterocycles. The largest absolute Gasteiger partial charge is 0.496 e. The molecule has 2 aromatic rings. The molecule has 0 N–H and O–H groups in total. The third-order valence-electron chi connectivity index (χ3n) is 2.85. The Balaban J connectivity index is 2.42. The number of non-ortho nitro benzene ring substituents is 1. The molecule has 112 valence electrons. The van der Waals surface area contributed by atoms with E-state index in [1.807, 2.05) is 0 Å². The zero-order chi connectivity index (χ0) is 16.1. The van der Waals surface area contributed by atoms with Gasteiger partial charge in [-0.05, 0) is 18.2 Å². The lowest BCUT2D eigenvalue weighted by Gasteiger charge is -2.03. The van der Waals surface area contributed by atoms with Crippen LogP contribution >= 0.6 is 0 Å². The number of nitrogens with zero attached hydrogens (tertiary/aromatic N) is 3. The maximum Gasteiger partial charge on any atom is 0.301 e. The Morgan fingerprint density at radius 1 is 1.09 bits per heavy atom. The number of methoxy groups -OCH3 is 1. The van der Waals surface area contributed by atoms with Crippen molar-refractivity contribution in [2.24, 2.45) is 4.99 Å². The van der Waals surface area contributed by atoms with E-state index in [2.05, 4.69) is 4.99 Å². The van der Waals surface area contributed by atoms with E-state index in [-0.39, 0.29) is 11.4 Å². The van der Waals surface area contributed by atoms with Gasteiger partial charge in [0.05, 0.1) is 23.0 Å². The topological polar surface area (TPSA) is 108 Å². The highest BCUT2D eigenvalue weighted by Crippen LogP contribution is 2.31. The van der Waals surface area contributed by atoms with Gasteiger partial charge in [-0.25, -0.2) is 4.99 Å². The van der Waals surface area contributed by atoms with E-state index in [9.17, 15) is 20.2 Å². The van der Waals surface area contributed by atoms with Crippen molar-refractivity contribution >= 4 is 23.3 Å². The fourth-order valence-corrected chi connectivity index (χ4v) is 1.79. The molecule has 0 amide bonds. The summed E-state index contributed by atoms with van der Waals surface area (Å²) in [7, 11) is 1.50. The molecule has 0 unspecified atom stereocenters. The Kier molecular flexibility index (Phi) is 4.42. The maximum atomic E-state index is 11.0. The van der Waals surface area contributed by atoms with Gasteiger partial charge in [0.15, 0.2) is 0 Å². The minimum Gasteiger partial charge on any atom is -0.496 e. The summed E-state index contributed by atoms with van der Waals surface area (Å²) in [6.45, 7) is 0. The standard InChI is InChI=1S/C14H11N3O5/c1-22-14-5-3-2-4-10(14)9-15-12-7-6-11(16(18)19)8-13(12)17(20)21/h2-9H,1H3. The zero-order valence-electron chi connectivity index (χ0n) is 11.5. The molecule has 2 aromatic carbocycles. The fraction of sp³-hybridized carbons (Fsp3) is 0.0714. The minimum atomic E-state index is -0.706. The lowest BCUT2D eigenvalue weighted by Crippen LogP contribution is -1.93. The molecule has 8 heteroatoms. The van der Waals surface area contributed by atoms with Gasteiger partial charge in [0.2, 0.25) is 0 Å². The summed E-state index contributed by atoms with van der Waals surface area (Å²) in [5, 5.41) is 21.7. The van der Waals surface area contributed by atoms with Crippen LogP contribution in [0.15, 0.2) is 47.5 Å². The molecule has 0 spiro atoms. The average Bonchev–Trinajstić information content (AvgIpc) is 2.52. The number of benzene rings is 2. The first kappa shape index (κ1) is 15.1. The van der Waals surface area contributed by atoms with Crippen molar-refractivity contribution < 1.29 is 14.6 Å².